The number of halogens is 3. The van der Waals surface area contributed by atoms with Gasteiger partial charge in [-0.15, -0.1) is 0 Å². The third kappa shape index (κ3) is 4.57. The van der Waals surface area contributed by atoms with Gasteiger partial charge in [0.2, 0.25) is 5.82 Å². The summed E-state index contributed by atoms with van der Waals surface area (Å²) in [5, 5.41) is 2.87. The van der Waals surface area contributed by atoms with Crippen molar-refractivity contribution in [3.63, 3.8) is 0 Å². The summed E-state index contributed by atoms with van der Waals surface area (Å²) in [5.41, 5.74) is 0. The molecule has 0 fully saturated rings. The van der Waals surface area contributed by atoms with Crippen molar-refractivity contribution in [1.29, 1.82) is 0 Å². The van der Waals surface area contributed by atoms with Crippen molar-refractivity contribution in [3.8, 4) is 0 Å². The molecule has 0 atom stereocenters. The van der Waals surface area contributed by atoms with Gasteiger partial charge in [0.15, 0.2) is 0 Å². The van der Waals surface area contributed by atoms with Gasteiger partial charge >= 0.3 is 6.18 Å². The van der Waals surface area contributed by atoms with E-state index in [2.05, 4.69) is 15.3 Å². The maximum atomic E-state index is 12.7. The van der Waals surface area contributed by atoms with Gasteiger partial charge in [-0.1, -0.05) is 13.8 Å². The monoisotopic (exact) mass is 276 g/mol. The van der Waals surface area contributed by atoms with Crippen LogP contribution in [0.4, 0.5) is 24.8 Å². The summed E-state index contributed by atoms with van der Waals surface area (Å²) in [6, 6.07) is 1.54. The molecule has 1 rings (SSSR count). The molecule has 19 heavy (non-hydrogen) atoms. The van der Waals surface area contributed by atoms with Crippen LogP contribution in [0.3, 0.4) is 0 Å². The average molecular weight is 276 g/mol. The highest BCUT2D eigenvalue weighted by atomic mass is 19.4. The number of nitrogens with one attached hydrogen (secondary N) is 1. The van der Waals surface area contributed by atoms with Gasteiger partial charge in [0.25, 0.3) is 0 Å². The number of hydrogen-bond donors (Lipinski definition) is 1. The van der Waals surface area contributed by atoms with Gasteiger partial charge in [-0.25, -0.2) is 9.97 Å². The van der Waals surface area contributed by atoms with Crippen LogP contribution in [0.5, 0.6) is 0 Å². The highest BCUT2D eigenvalue weighted by Crippen LogP contribution is 2.29. The van der Waals surface area contributed by atoms with Crippen molar-refractivity contribution >= 4 is 11.6 Å². The Bertz CT molecular complexity index is 406. The van der Waals surface area contributed by atoms with Crippen LogP contribution >= 0.6 is 0 Å². The van der Waals surface area contributed by atoms with Crippen molar-refractivity contribution in [2.45, 2.75) is 32.9 Å². The van der Waals surface area contributed by atoms with E-state index in [-0.39, 0.29) is 11.6 Å². The Morgan fingerprint density at radius 3 is 2.42 bits per heavy atom. The predicted molar refractivity (Wildman–Crippen MR) is 69.4 cm³/mol. The van der Waals surface area contributed by atoms with Crippen LogP contribution < -0.4 is 10.2 Å². The topological polar surface area (TPSA) is 41.0 Å². The maximum Gasteiger partial charge on any atom is 0.451 e. The lowest BCUT2D eigenvalue weighted by atomic mass is 10.4. The van der Waals surface area contributed by atoms with Crippen LogP contribution in [-0.4, -0.2) is 30.1 Å². The van der Waals surface area contributed by atoms with E-state index >= 15 is 0 Å². The summed E-state index contributed by atoms with van der Waals surface area (Å²) in [6.07, 6.45) is -2.89. The Balaban J connectivity index is 3.08. The van der Waals surface area contributed by atoms with Gasteiger partial charge in [-0.05, 0) is 12.8 Å². The summed E-state index contributed by atoms with van der Waals surface area (Å²) in [4.78, 5) is 8.78. The van der Waals surface area contributed by atoms with E-state index in [1.807, 2.05) is 13.8 Å². The zero-order chi connectivity index (χ0) is 14.5. The second kappa shape index (κ2) is 6.58. The van der Waals surface area contributed by atoms with Crippen molar-refractivity contribution in [1.82, 2.24) is 9.97 Å². The molecule has 0 saturated heterocycles. The minimum atomic E-state index is -4.54. The molecule has 0 aliphatic rings. The molecule has 1 N–H and O–H groups in total. The van der Waals surface area contributed by atoms with E-state index in [1.165, 1.54) is 0 Å². The Kier molecular flexibility index (Phi) is 5.38. The van der Waals surface area contributed by atoms with E-state index in [0.29, 0.717) is 13.1 Å². The lowest BCUT2D eigenvalue weighted by Crippen LogP contribution is -2.22. The smallest absolute Gasteiger partial charge is 0.370 e. The molecule has 0 spiro atoms. The molecule has 0 bridgehead atoms. The second-order valence-corrected chi connectivity index (χ2v) is 4.28. The summed E-state index contributed by atoms with van der Waals surface area (Å²) in [5.74, 6) is -0.614. The highest BCUT2D eigenvalue weighted by Gasteiger charge is 2.35. The Morgan fingerprint density at radius 2 is 1.89 bits per heavy atom. The number of aromatic nitrogens is 2. The molecule has 0 aromatic carbocycles. The molecule has 0 radical (unpaired) electrons. The normalized spacial score (nSPS) is 11.5. The van der Waals surface area contributed by atoms with Crippen molar-refractivity contribution in [3.05, 3.63) is 11.9 Å². The fourth-order valence-corrected chi connectivity index (χ4v) is 1.55. The molecule has 4 nitrogen and oxygen atoms in total. The molecule has 0 amide bonds. The molecule has 0 aliphatic carbocycles. The zero-order valence-corrected chi connectivity index (χ0v) is 11.4. The summed E-state index contributed by atoms with van der Waals surface area (Å²) >= 11 is 0. The molecular weight excluding hydrogens is 257 g/mol. The fraction of sp³-hybridized carbons (Fsp3) is 0.667. The number of nitrogens with zero attached hydrogens (tertiary/aromatic N) is 3. The minimum Gasteiger partial charge on any atom is -0.370 e. The van der Waals surface area contributed by atoms with E-state index in [9.17, 15) is 13.2 Å². The molecule has 1 aromatic heterocycles. The standard InChI is InChI=1S/C12H19F3N4/c1-4-6-16-9-8-10(19(3)7-5-2)18-11(17-9)12(13,14)15/h8H,4-7H2,1-3H3,(H,16,17,18). The molecule has 0 aliphatic heterocycles. The Morgan fingerprint density at radius 1 is 1.21 bits per heavy atom. The first-order chi connectivity index (χ1) is 8.88. The summed E-state index contributed by atoms with van der Waals surface area (Å²) in [7, 11) is 1.72. The summed E-state index contributed by atoms with van der Waals surface area (Å²) < 4.78 is 38.2. The van der Waals surface area contributed by atoms with Gasteiger partial charge in [0.1, 0.15) is 11.6 Å². The first-order valence-electron chi connectivity index (χ1n) is 6.29. The van der Waals surface area contributed by atoms with Crippen LogP contribution in [0.25, 0.3) is 0 Å². The second-order valence-electron chi connectivity index (χ2n) is 4.28. The number of anilines is 2. The van der Waals surface area contributed by atoms with E-state index in [0.717, 1.165) is 12.8 Å². The van der Waals surface area contributed by atoms with Crippen LogP contribution in [0.15, 0.2) is 6.07 Å². The molecule has 1 heterocycles. The van der Waals surface area contributed by atoms with E-state index in [4.69, 9.17) is 0 Å². The van der Waals surface area contributed by atoms with Crippen LogP contribution in [-0.2, 0) is 6.18 Å². The van der Waals surface area contributed by atoms with Gasteiger partial charge in [-0.2, -0.15) is 13.2 Å². The lowest BCUT2D eigenvalue weighted by Gasteiger charge is -2.19. The molecule has 108 valence electrons. The number of rotatable bonds is 6. The molecule has 0 saturated carbocycles. The average Bonchev–Trinajstić information content (AvgIpc) is 2.35. The Labute approximate surface area is 111 Å². The van der Waals surface area contributed by atoms with Crippen molar-refractivity contribution in [2.75, 3.05) is 30.4 Å². The maximum absolute atomic E-state index is 12.7. The fourth-order valence-electron chi connectivity index (χ4n) is 1.55. The first-order valence-corrected chi connectivity index (χ1v) is 6.29. The van der Waals surface area contributed by atoms with Crippen molar-refractivity contribution < 1.29 is 13.2 Å². The molecule has 7 heteroatoms. The van der Waals surface area contributed by atoms with Crippen molar-refractivity contribution in [2.24, 2.45) is 0 Å². The minimum absolute atomic E-state index is 0.210. The predicted octanol–water partition coefficient (Wildman–Crippen LogP) is 3.16. The highest BCUT2D eigenvalue weighted by molar-refractivity contribution is 5.49. The number of hydrogen-bond acceptors (Lipinski definition) is 4. The van der Waals surface area contributed by atoms with Crippen LogP contribution in [0, 0.1) is 0 Å². The van der Waals surface area contributed by atoms with E-state index in [1.54, 1.807) is 18.0 Å². The van der Waals surface area contributed by atoms with Gasteiger partial charge < -0.3 is 10.2 Å². The third-order valence-electron chi connectivity index (χ3n) is 2.47. The zero-order valence-electron chi connectivity index (χ0n) is 11.4. The third-order valence-corrected chi connectivity index (χ3v) is 2.47. The lowest BCUT2D eigenvalue weighted by molar-refractivity contribution is -0.144. The SMILES string of the molecule is CCCNc1cc(N(C)CCC)nc(C(F)(F)F)n1. The van der Waals surface area contributed by atoms with Gasteiger partial charge in [-0.3, -0.25) is 0 Å². The molecular formula is C12H19F3N4. The van der Waals surface area contributed by atoms with Crippen LogP contribution in [0.2, 0.25) is 0 Å². The first kappa shape index (κ1) is 15.5. The van der Waals surface area contributed by atoms with Gasteiger partial charge in [0.05, 0.1) is 0 Å². The van der Waals surface area contributed by atoms with Crippen LogP contribution in [0.1, 0.15) is 32.5 Å². The quantitative estimate of drug-likeness (QED) is 0.866. The largest absolute Gasteiger partial charge is 0.451 e. The van der Waals surface area contributed by atoms with Gasteiger partial charge in [0, 0.05) is 26.2 Å². The summed E-state index contributed by atoms with van der Waals surface area (Å²) in [6.45, 7) is 5.11. The molecule has 1 aromatic rings. The molecule has 0 unspecified atom stereocenters. The van der Waals surface area contributed by atoms with E-state index < -0.39 is 12.0 Å². The Hall–Kier alpha value is -1.53. The number of alkyl halides is 3.